The molecule has 1 amide bonds. The van der Waals surface area contributed by atoms with Crippen LogP contribution in [0.1, 0.15) is 10.4 Å². The van der Waals surface area contributed by atoms with Gasteiger partial charge in [0.1, 0.15) is 6.33 Å². The predicted octanol–water partition coefficient (Wildman–Crippen LogP) is 1.12. The minimum Gasteiger partial charge on any atom is -0.319 e. The van der Waals surface area contributed by atoms with Gasteiger partial charge in [-0.15, -0.1) is 0 Å². The quantitative estimate of drug-likeness (QED) is 0.757. The summed E-state index contributed by atoms with van der Waals surface area (Å²) in [5.41, 5.74) is 4.36. The Morgan fingerprint density at radius 3 is 2.85 bits per heavy atom. The summed E-state index contributed by atoms with van der Waals surface area (Å²) >= 11 is 0. The Bertz CT molecular complexity index is 848. The zero-order valence-corrected chi connectivity index (χ0v) is 10.8. The molecule has 0 fully saturated rings. The highest BCUT2D eigenvalue weighted by Crippen LogP contribution is 2.10. The lowest BCUT2D eigenvalue weighted by molar-refractivity contribution is 0.101. The van der Waals surface area contributed by atoms with Gasteiger partial charge in [-0.1, -0.05) is 12.1 Å². The molecule has 2 aromatic heterocycles. The number of rotatable bonds is 2. The summed E-state index contributed by atoms with van der Waals surface area (Å²) in [6.45, 7) is 0. The molecule has 1 N–H and O–H groups in total. The first kappa shape index (κ1) is 12.2. The van der Waals surface area contributed by atoms with Gasteiger partial charge in [0.05, 0.1) is 11.0 Å². The van der Waals surface area contributed by atoms with Crippen LogP contribution in [0.3, 0.4) is 0 Å². The van der Waals surface area contributed by atoms with Crippen molar-refractivity contribution < 1.29 is 4.79 Å². The number of carbonyl (C=O) groups is 1. The third-order valence-corrected chi connectivity index (χ3v) is 3.04. The van der Waals surface area contributed by atoms with Gasteiger partial charge in [0.15, 0.2) is 0 Å². The van der Waals surface area contributed by atoms with Gasteiger partial charge >= 0.3 is 0 Å². The summed E-state index contributed by atoms with van der Waals surface area (Å²) in [7, 11) is 1.63. The van der Waals surface area contributed by atoms with Crippen LogP contribution in [0.2, 0.25) is 0 Å². The highest BCUT2D eigenvalue weighted by molar-refractivity contribution is 6.00. The Morgan fingerprint density at radius 1 is 1.25 bits per heavy atom. The molecule has 6 nitrogen and oxygen atoms in total. The van der Waals surface area contributed by atoms with Crippen LogP contribution in [0.4, 0.5) is 0 Å². The fourth-order valence-corrected chi connectivity index (χ4v) is 1.91. The van der Waals surface area contributed by atoms with Crippen LogP contribution >= 0.6 is 0 Å². The summed E-state index contributed by atoms with van der Waals surface area (Å²) in [6, 6.07) is 10.3. The Morgan fingerprint density at radius 2 is 2.05 bits per heavy atom. The number of pyridine rings is 1. The average Bonchev–Trinajstić information content (AvgIpc) is 2.85. The van der Waals surface area contributed by atoms with E-state index in [2.05, 4.69) is 10.4 Å². The maximum absolute atomic E-state index is 12.1. The normalized spacial score (nSPS) is 10.7. The van der Waals surface area contributed by atoms with Crippen LogP contribution in [0, 0.1) is 0 Å². The zero-order valence-electron chi connectivity index (χ0n) is 10.8. The first-order valence-electron chi connectivity index (χ1n) is 6.05. The largest absolute Gasteiger partial charge is 0.319 e. The van der Waals surface area contributed by atoms with E-state index >= 15 is 0 Å². The zero-order chi connectivity index (χ0) is 14.1. The Balaban J connectivity index is 1.92. The Kier molecular flexibility index (Phi) is 2.83. The minimum absolute atomic E-state index is 0.229. The molecular formula is C14H12N4O2. The molecule has 20 heavy (non-hydrogen) atoms. The van der Waals surface area contributed by atoms with Crippen LogP contribution in [0.15, 0.2) is 53.7 Å². The molecule has 0 atom stereocenters. The van der Waals surface area contributed by atoms with Crippen molar-refractivity contribution in [2.24, 2.45) is 7.05 Å². The number of amides is 1. The van der Waals surface area contributed by atoms with E-state index in [1.807, 2.05) is 24.3 Å². The van der Waals surface area contributed by atoms with Crippen molar-refractivity contribution >= 4 is 16.9 Å². The highest BCUT2D eigenvalue weighted by Gasteiger charge is 2.09. The number of aromatic nitrogens is 3. The maximum atomic E-state index is 12.1. The van der Waals surface area contributed by atoms with E-state index in [4.69, 9.17) is 0 Å². The van der Waals surface area contributed by atoms with Gasteiger partial charge in [-0.3, -0.25) is 15.0 Å². The summed E-state index contributed by atoms with van der Waals surface area (Å²) in [6.07, 6.45) is 3.09. The smallest absolute Gasteiger partial charge is 0.270 e. The molecule has 3 rings (SSSR count). The number of aryl methyl sites for hydroxylation is 1. The second-order valence-corrected chi connectivity index (χ2v) is 4.41. The number of fused-ring (bicyclic) bond motifs is 1. The maximum Gasteiger partial charge on any atom is 0.270 e. The fourth-order valence-electron chi connectivity index (χ4n) is 1.91. The SMILES string of the molecule is Cn1ccc(C(=O)Nn2cnc3ccccc32)cc1=O. The van der Waals surface area contributed by atoms with E-state index in [1.54, 1.807) is 19.3 Å². The van der Waals surface area contributed by atoms with Crippen molar-refractivity contribution in [3.63, 3.8) is 0 Å². The number of hydrogen-bond acceptors (Lipinski definition) is 3. The molecular weight excluding hydrogens is 256 g/mol. The molecule has 0 aliphatic carbocycles. The Hall–Kier alpha value is -2.89. The monoisotopic (exact) mass is 268 g/mol. The van der Waals surface area contributed by atoms with Gasteiger partial charge in [0.25, 0.3) is 11.5 Å². The molecule has 0 bridgehead atoms. The van der Waals surface area contributed by atoms with E-state index in [0.717, 1.165) is 11.0 Å². The summed E-state index contributed by atoms with van der Waals surface area (Å²) < 4.78 is 2.94. The minimum atomic E-state index is -0.356. The van der Waals surface area contributed by atoms with E-state index in [1.165, 1.54) is 21.6 Å². The van der Waals surface area contributed by atoms with Crippen molar-refractivity contribution in [3.05, 3.63) is 64.8 Å². The summed E-state index contributed by atoms with van der Waals surface area (Å²) in [4.78, 5) is 27.8. The highest BCUT2D eigenvalue weighted by atomic mass is 16.2. The molecule has 1 aromatic carbocycles. The number of imidazole rings is 1. The van der Waals surface area contributed by atoms with E-state index < -0.39 is 0 Å². The predicted molar refractivity (Wildman–Crippen MR) is 75.1 cm³/mol. The van der Waals surface area contributed by atoms with Gasteiger partial charge in [0.2, 0.25) is 0 Å². The third-order valence-electron chi connectivity index (χ3n) is 3.04. The molecule has 0 saturated heterocycles. The number of carbonyl (C=O) groups excluding carboxylic acids is 1. The summed E-state index contributed by atoms with van der Waals surface area (Å²) in [5, 5.41) is 0. The second-order valence-electron chi connectivity index (χ2n) is 4.41. The molecule has 0 unspecified atom stereocenters. The van der Waals surface area contributed by atoms with Crippen LogP contribution in [-0.4, -0.2) is 20.1 Å². The molecule has 100 valence electrons. The molecule has 0 saturated carbocycles. The summed E-state index contributed by atoms with van der Waals surface area (Å²) in [5.74, 6) is -0.356. The van der Waals surface area contributed by atoms with Crippen LogP contribution in [0.5, 0.6) is 0 Å². The van der Waals surface area contributed by atoms with Gasteiger partial charge < -0.3 is 4.57 Å². The molecule has 6 heteroatoms. The standard InChI is InChI=1S/C14H12N4O2/c1-17-7-6-10(8-13(17)19)14(20)16-18-9-15-11-4-2-3-5-12(11)18/h2-9H,1H3,(H,16,20). The van der Waals surface area contributed by atoms with Gasteiger partial charge in [-0.2, -0.15) is 0 Å². The van der Waals surface area contributed by atoms with E-state index in [-0.39, 0.29) is 11.5 Å². The number of nitrogens with one attached hydrogen (secondary N) is 1. The van der Waals surface area contributed by atoms with Gasteiger partial charge in [-0.25, -0.2) is 9.66 Å². The number of para-hydroxylation sites is 2. The molecule has 0 aliphatic heterocycles. The van der Waals surface area contributed by atoms with Crippen LogP contribution in [0.25, 0.3) is 11.0 Å². The van der Waals surface area contributed by atoms with Crippen LogP contribution < -0.4 is 11.0 Å². The molecule has 0 aliphatic rings. The second kappa shape index (κ2) is 4.65. The van der Waals surface area contributed by atoms with Crippen LogP contribution in [-0.2, 0) is 7.05 Å². The lowest BCUT2D eigenvalue weighted by Gasteiger charge is -2.07. The lowest BCUT2D eigenvalue weighted by Crippen LogP contribution is -2.25. The average molecular weight is 268 g/mol. The van der Waals surface area contributed by atoms with Gasteiger partial charge in [-0.05, 0) is 18.2 Å². The van der Waals surface area contributed by atoms with Gasteiger partial charge in [0, 0.05) is 24.9 Å². The molecule has 0 radical (unpaired) electrons. The number of nitrogens with zero attached hydrogens (tertiary/aromatic N) is 3. The fraction of sp³-hybridized carbons (Fsp3) is 0.0714. The lowest BCUT2D eigenvalue weighted by atomic mass is 10.2. The van der Waals surface area contributed by atoms with E-state index in [0.29, 0.717) is 5.56 Å². The number of hydrogen-bond donors (Lipinski definition) is 1. The molecule has 3 aromatic rings. The first-order valence-corrected chi connectivity index (χ1v) is 6.05. The van der Waals surface area contributed by atoms with Crippen molar-refractivity contribution in [1.82, 2.24) is 14.2 Å². The van der Waals surface area contributed by atoms with E-state index in [9.17, 15) is 9.59 Å². The number of benzene rings is 1. The topological polar surface area (TPSA) is 68.9 Å². The van der Waals surface area contributed by atoms with Crippen molar-refractivity contribution in [1.29, 1.82) is 0 Å². The first-order chi connectivity index (χ1) is 9.65. The molecule has 2 heterocycles. The van der Waals surface area contributed by atoms with Crippen molar-refractivity contribution in [3.8, 4) is 0 Å². The molecule has 0 spiro atoms. The van der Waals surface area contributed by atoms with Crippen molar-refractivity contribution in [2.75, 3.05) is 5.43 Å². The Labute approximate surface area is 114 Å². The van der Waals surface area contributed by atoms with Crippen molar-refractivity contribution in [2.45, 2.75) is 0 Å². The third kappa shape index (κ3) is 2.07.